The summed E-state index contributed by atoms with van der Waals surface area (Å²) in [4.78, 5) is 4.09. The van der Waals surface area contributed by atoms with Gasteiger partial charge in [0.05, 0.1) is 0 Å². The molecule has 2 nitrogen and oxygen atoms in total. The third-order valence-corrected chi connectivity index (χ3v) is 5.14. The van der Waals surface area contributed by atoms with E-state index in [0.717, 1.165) is 19.5 Å². The Labute approximate surface area is 125 Å². The summed E-state index contributed by atoms with van der Waals surface area (Å²) in [5.41, 5.74) is 10.4. The van der Waals surface area contributed by atoms with E-state index in [1.165, 1.54) is 16.7 Å². The number of hydrogen-bond donors (Lipinski definition) is 1. The molecule has 2 aromatic rings. The summed E-state index contributed by atoms with van der Waals surface area (Å²) in [6.45, 7) is 6.40. The predicted octanol–water partition coefficient (Wildman–Crippen LogP) is 3.50. The van der Waals surface area contributed by atoms with E-state index in [4.69, 9.17) is 5.73 Å². The van der Waals surface area contributed by atoms with Gasteiger partial charge in [0, 0.05) is 30.1 Å². The molecule has 106 valence electrons. The summed E-state index contributed by atoms with van der Waals surface area (Å²) >= 11 is 1.89. The van der Waals surface area contributed by atoms with E-state index in [9.17, 15) is 0 Å². The lowest BCUT2D eigenvalue weighted by Gasteiger charge is -2.37. The molecule has 0 amide bonds. The Balaban J connectivity index is 1.89. The fraction of sp³-hybridized carbons (Fsp3) is 0.412. The van der Waals surface area contributed by atoms with Crippen molar-refractivity contribution in [3.8, 4) is 0 Å². The van der Waals surface area contributed by atoms with Gasteiger partial charge in [-0.3, -0.25) is 4.90 Å². The van der Waals surface area contributed by atoms with Crippen LogP contribution in [0, 0.1) is 6.92 Å². The molecule has 0 fully saturated rings. The van der Waals surface area contributed by atoms with E-state index in [1.54, 1.807) is 4.88 Å². The molecule has 0 aliphatic carbocycles. The van der Waals surface area contributed by atoms with Crippen LogP contribution in [0.25, 0.3) is 0 Å². The van der Waals surface area contributed by atoms with Gasteiger partial charge in [0.2, 0.25) is 0 Å². The Hall–Kier alpha value is -1.16. The SMILES string of the molecule is Cc1cccc(C(C(C)N)N2CCc3sccc3C2)c1. The lowest BCUT2D eigenvalue weighted by molar-refractivity contribution is 0.161. The third kappa shape index (κ3) is 2.66. The maximum Gasteiger partial charge on any atom is 0.0500 e. The largest absolute Gasteiger partial charge is 0.326 e. The molecule has 0 spiro atoms. The standard InChI is InChI=1S/C17H22N2S/c1-12-4-3-5-14(10-12)17(13(2)18)19-8-6-16-15(11-19)7-9-20-16/h3-5,7,9-10,13,17H,6,8,11,18H2,1-2H3. The highest BCUT2D eigenvalue weighted by molar-refractivity contribution is 7.10. The molecule has 20 heavy (non-hydrogen) atoms. The Morgan fingerprint density at radius 3 is 2.90 bits per heavy atom. The van der Waals surface area contributed by atoms with Crippen molar-refractivity contribution in [3.05, 3.63) is 57.3 Å². The number of nitrogens with two attached hydrogens (primary N) is 1. The Bertz CT molecular complexity index is 588. The molecule has 1 aliphatic heterocycles. The predicted molar refractivity (Wildman–Crippen MR) is 86.0 cm³/mol. The number of thiophene rings is 1. The monoisotopic (exact) mass is 286 g/mol. The third-order valence-electron chi connectivity index (χ3n) is 4.11. The molecule has 3 rings (SSSR count). The van der Waals surface area contributed by atoms with Crippen LogP contribution < -0.4 is 5.73 Å². The van der Waals surface area contributed by atoms with E-state index in [1.807, 2.05) is 11.3 Å². The van der Waals surface area contributed by atoms with Gasteiger partial charge in [-0.15, -0.1) is 11.3 Å². The van der Waals surface area contributed by atoms with Crippen LogP contribution in [0.1, 0.15) is 34.5 Å². The minimum absolute atomic E-state index is 0.136. The molecular formula is C17H22N2S. The van der Waals surface area contributed by atoms with Crippen LogP contribution in [0.2, 0.25) is 0 Å². The van der Waals surface area contributed by atoms with Crippen molar-refractivity contribution in [2.24, 2.45) is 5.73 Å². The van der Waals surface area contributed by atoms with Gasteiger partial charge < -0.3 is 5.73 Å². The molecule has 0 bridgehead atoms. The average molecular weight is 286 g/mol. The summed E-state index contributed by atoms with van der Waals surface area (Å²) in [5.74, 6) is 0. The van der Waals surface area contributed by atoms with Crippen LogP contribution in [0.5, 0.6) is 0 Å². The second-order valence-electron chi connectivity index (χ2n) is 5.81. The van der Waals surface area contributed by atoms with Crippen LogP contribution in [0.3, 0.4) is 0 Å². The minimum atomic E-state index is 0.136. The minimum Gasteiger partial charge on any atom is -0.326 e. The van der Waals surface area contributed by atoms with Crippen molar-refractivity contribution in [1.82, 2.24) is 4.90 Å². The van der Waals surface area contributed by atoms with Crippen molar-refractivity contribution in [2.75, 3.05) is 6.54 Å². The van der Waals surface area contributed by atoms with E-state index in [-0.39, 0.29) is 6.04 Å². The fourth-order valence-electron chi connectivity index (χ4n) is 3.21. The van der Waals surface area contributed by atoms with Crippen molar-refractivity contribution < 1.29 is 0 Å². The summed E-state index contributed by atoms with van der Waals surface area (Å²) in [5, 5.41) is 2.21. The number of rotatable bonds is 3. The highest BCUT2D eigenvalue weighted by atomic mass is 32.1. The van der Waals surface area contributed by atoms with Gasteiger partial charge in [-0.1, -0.05) is 29.8 Å². The van der Waals surface area contributed by atoms with Crippen LogP contribution in [-0.2, 0) is 13.0 Å². The molecule has 2 atom stereocenters. The zero-order valence-corrected chi connectivity index (χ0v) is 13.0. The van der Waals surface area contributed by atoms with Gasteiger partial charge in [0.15, 0.2) is 0 Å². The van der Waals surface area contributed by atoms with Gasteiger partial charge in [-0.05, 0) is 42.8 Å². The molecule has 1 aromatic carbocycles. The lowest BCUT2D eigenvalue weighted by atomic mass is 9.95. The van der Waals surface area contributed by atoms with Gasteiger partial charge >= 0.3 is 0 Å². The summed E-state index contributed by atoms with van der Waals surface area (Å²) in [6, 6.07) is 11.5. The Morgan fingerprint density at radius 2 is 2.15 bits per heavy atom. The molecule has 1 aliphatic rings. The zero-order chi connectivity index (χ0) is 14.1. The topological polar surface area (TPSA) is 29.3 Å². The number of aryl methyl sites for hydroxylation is 1. The summed E-state index contributed by atoms with van der Waals surface area (Å²) in [7, 11) is 0. The van der Waals surface area contributed by atoms with Crippen molar-refractivity contribution in [2.45, 2.75) is 38.9 Å². The van der Waals surface area contributed by atoms with E-state index >= 15 is 0 Å². The van der Waals surface area contributed by atoms with Crippen LogP contribution in [0.15, 0.2) is 35.7 Å². The highest BCUT2D eigenvalue weighted by Crippen LogP contribution is 2.31. The number of benzene rings is 1. The molecule has 1 aromatic heterocycles. The highest BCUT2D eigenvalue weighted by Gasteiger charge is 2.27. The second kappa shape index (κ2) is 5.68. The molecule has 2 unspecified atom stereocenters. The number of fused-ring (bicyclic) bond motifs is 1. The number of hydrogen-bond acceptors (Lipinski definition) is 3. The summed E-state index contributed by atoms with van der Waals surface area (Å²) < 4.78 is 0. The first-order valence-electron chi connectivity index (χ1n) is 7.26. The van der Waals surface area contributed by atoms with E-state index in [0.29, 0.717) is 6.04 Å². The van der Waals surface area contributed by atoms with Crippen molar-refractivity contribution in [1.29, 1.82) is 0 Å². The number of nitrogens with zero attached hydrogens (tertiary/aromatic N) is 1. The maximum absolute atomic E-state index is 6.31. The first-order valence-corrected chi connectivity index (χ1v) is 8.14. The molecular weight excluding hydrogens is 264 g/mol. The first kappa shape index (κ1) is 13.8. The summed E-state index contributed by atoms with van der Waals surface area (Å²) in [6.07, 6.45) is 1.15. The van der Waals surface area contributed by atoms with Gasteiger partial charge in [-0.25, -0.2) is 0 Å². The van der Waals surface area contributed by atoms with Gasteiger partial charge in [0.25, 0.3) is 0 Å². The molecule has 0 radical (unpaired) electrons. The van der Waals surface area contributed by atoms with Crippen molar-refractivity contribution >= 4 is 11.3 Å². The van der Waals surface area contributed by atoms with Crippen LogP contribution >= 0.6 is 11.3 Å². The van der Waals surface area contributed by atoms with Crippen LogP contribution in [0.4, 0.5) is 0 Å². The Kier molecular flexibility index (Phi) is 3.92. The quantitative estimate of drug-likeness (QED) is 0.935. The first-order chi connectivity index (χ1) is 9.65. The van der Waals surface area contributed by atoms with Crippen LogP contribution in [-0.4, -0.2) is 17.5 Å². The van der Waals surface area contributed by atoms with E-state index in [2.05, 4.69) is 54.5 Å². The molecule has 0 saturated heterocycles. The normalized spacial score (nSPS) is 18.6. The lowest BCUT2D eigenvalue weighted by Crippen LogP contribution is -2.41. The molecule has 0 saturated carbocycles. The molecule has 3 heteroatoms. The maximum atomic E-state index is 6.31. The smallest absolute Gasteiger partial charge is 0.0500 e. The van der Waals surface area contributed by atoms with Gasteiger partial charge in [-0.2, -0.15) is 0 Å². The fourth-order valence-corrected chi connectivity index (χ4v) is 4.10. The van der Waals surface area contributed by atoms with Gasteiger partial charge in [0.1, 0.15) is 0 Å². The molecule has 2 N–H and O–H groups in total. The van der Waals surface area contributed by atoms with E-state index < -0.39 is 0 Å². The zero-order valence-electron chi connectivity index (χ0n) is 12.2. The second-order valence-corrected chi connectivity index (χ2v) is 6.81. The van der Waals surface area contributed by atoms with Crippen molar-refractivity contribution in [3.63, 3.8) is 0 Å². The Morgan fingerprint density at radius 1 is 1.30 bits per heavy atom. The average Bonchev–Trinajstić information content (AvgIpc) is 2.86. The molecule has 2 heterocycles.